The van der Waals surface area contributed by atoms with Crippen LogP contribution in [0.15, 0.2) is 0 Å². The molecule has 4 fully saturated rings. The first-order valence-electron chi connectivity index (χ1n) is 7.55. The quantitative estimate of drug-likeness (QED) is 0.866. The van der Waals surface area contributed by atoms with Gasteiger partial charge in [0.25, 0.3) is 0 Å². The lowest BCUT2D eigenvalue weighted by atomic mass is 9.48. The zero-order valence-corrected chi connectivity index (χ0v) is 11.8. The number of aromatic nitrogens is 2. The Bertz CT molecular complexity index is 555. The molecular formula is C15H21N3O2. The van der Waals surface area contributed by atoms with Crippen molar-refractivity contribution in [2.45, 2.75) is 43.9 Å². The molecule has 0 amide bonds. The topological polar surface area (TPSA) is 81.1 Å². The van der Waals surface area contributed by atoms with E-state index in [1.54, 1.807) is 7.05 Å². The van der Waals surface area contributed by atoms with Crippen LogP contribution < -0.4 is 5.73 Å². The van der Waals surface area contributed by atoms with E-state index in [-0.39, 0.29) is 11.1 Å². The minimum atomic E-state index is -0.978. The molecule has 0 aliphatic heterocycles. The molecule has 0 unspecified atom stereocenters. The molecule has 4 bridgehead atoms. The van der Waals surface area contributed by atoms with Gasteiger partial charge in [0.2, 0.25) is 0 Å². The Balaban J connectivity index is 1.81. The van der Waals surface area contributed by atoms with Crippen LogP contribution in [-0.4, -0.2) is 20.9 Å². The van der Waals surface area contributed by atoms with Crippen LogP contribution in [0.3, 0.4) is 0 Å². The zero-order chi connectivity index (χ0) is 14.1. The van der Waals surface area contributed by atoms with Crippen LogP contribution in [0.4, 0.5) is 5.69 Å². The van der Waals surface area contributed by atoms with Gasteiger partial charge < -0.3 is 10.8 Å². The third-order valence-electron chi connectivity index (χ3n) is 5.83. The van der Waals surface area contributed by atoms with E-state index in [2.05, 4.69) is 5.10 Å². The molecule has 1 heterocycles. The molecule has 1 aromatic heterocycles. The van der Waals surface area contributed by atoms with Crippen molar-refractivity contribution < 1.29 is 9.90 Å². The van der Waals surface area contributed by atoms with E-state index in [0.29, 0.717) is 5.69 Å². The van der Waals surface area contributed by atoms with Gasteiger partial charge in [-0.2, -0.15) is 5.10 Å². The van der Waals surface area contributed by atoms with Crippen LogP contribution in [0.25, 0.3) is 0 Å². The number of aryl methyl sites for hydroxylation is 1. The minimum Gasteiger partial charge on any atom is -0.476 e. The van der Waals surface area contributed by atoms with E-state index in [1.807, 2.05) is 0 Å². The maximum Gasteiger partial charge on any atom is 0.356 e. The second-order valence-corrected chi connectivity index (χ2v) is 7.24. The summed E-state index contributed by atoms with van der Waals surface area (Å²) in [5.41, 5.74) is 7.65. The van der Waals surface area contributed by atoms with Crippen molar-refractivity contribution >= 4 is 11.7 Å². The molecule has 0 aromatic carbocycles. The van der Waals surface area contributed by atoms with Gasteiger partial charge in [0, 0.05) is 12.5 Å². The van der Waals surface area contributed by atoms with E-state index in [9.17, 15) is 9.90 Å². The summed E-state index contributed by atoms with van der Waals surface area (Å²) in [5, 5.41) is 13.8. The molecular weight excluding hydrogens is 254 g/mol. The van der Waals surface area contributed by atoms with E-state index < -0.39 is 5.97 Å². The summed E-state index contributed by atoms with van der Waals surface area (Å²) in [5.74, 6) is 1.43. The van der Waals surface area contributed by atoms with Crippen molar-refractivity contribution in [2.24, 2.45) is 24.8 Å². The zero-order valence-electron chi connectivity index (χ0n) is 11.8. The van der Waals surface area contributed by atoms with Crippen LogP contribution in [0, 0.1) is 17.8 Å². The van der Waals surface area contributed by atoms with Gasteiger partial charge in [-0.15, -0.1) is 0 Å². The Morgan fingerprint density at radius 3 is 2.15 bits per heavy atom. The van der Waals surface area contributed by atoms with Gasteiger partial charge in [-0.05, 0) is 56.3 Å². The first kappa shape index (κ1) is 12.2. The summed E-state index contributed by atoms with van der Waals surface area (Å²) in [7, 11) is 1.68. The van der Waals surface area contributed by atoms with Gasteiger partial charge in [0.15, 0.2) is 5.69 Å². The average Bonchev–Trinajstić information content (AvgIpc) is 2.63. The lowest BCUT2D eigenvalue weighted by molar-refractivity contribution is -0.00707. The summed E-state index contributed by atoms with van der Waals surface area (Å²) in [6, 6.07) is 0. The molecule has 4 aliphatic carbocycles. The first-order chi connectivity index (χ1) is 9.48. The molecule has 0 saturated heterocycles. The Kier molecular flexibility index (Phi) is 2.31. The van der Waals surface area contributed by atoms with Crippen LogP contribution >= 0.6 is 0 Å². The highest BCUT2D eigenvalue weighted by molar-refractivity contribution is 5.92. The van der Waals surface area contributed by atoms with Gasteiger partial charge >= 0.3 is 5.97 Å². The van der Waals surface area contributed by atoms with Crippen molar-refractivity contribution in [2.75, 3.05) is 5.73 Å². The molecule has 108 valence electrons. The average molecular weight is 275 g/mol. The number of carboxylic acids is 1. The fourth-order valence-corrected chi connectivity index (χ4v) is 5.59. The summed E-state index contributed by atoms with van der Waals surface area (Å²) < 4.78 is 1.45. The van der Waals surface area contributed by atoms with E-state index >= 15 is 0 Å². The Labute approximate surface area is 118 Å². The van der Waals surface area contributed by atoms with Gasteiger partial charge in [0.05, 0.1) is 11.4 Å². The van der Waals surface area contributed by atoms with Gasteiger partial charge in [0.1, 0.15) is 0 Å². The summed E-state index contributed by atoms with van der Waals surface area (Å²) in [6.07, 6.45) is 7.53. The fraction of sp³-hybridized carbons (Fsp3) is 0.733. The van der Waals surface area contributed by atoms with Crippen molar-refractivity contribution in [3.63, 3.8) is 0 Å². The molecule has 5 heteroatoms. The Morgan fingerprint density at radius 2 is 1.75 bits per heavy atom. The standard InChI is InChI=1S/C15H21N3O2/c1-18-12(14(19)20)11(16)13(17-18)15-5-8-2-9(6-15)4-10(3-8)7-15/h8-10H,2-7,16H2,1H3,(H,19,20). The summed E-state index contributed by atoms with van der Waals surface area (Å²) in [4.78, 5) is 11.3. The molecule has 20 heavy (non-hydrogen) atoms. The molecule has 5 rings (SSSR count). The molecule has 0 atom stereocenters. The second-order valence-electron chi connectivity index (χ2n) is 7.24. The smallest absolute Gasteiger partial charge is 0.356 e. The van der Waals surface area contributed by atoms with Crippen molar-refractivity contribution in [1.29, 1.82) is 0 Å². The van der Waals surface area contributed by atoms with E-state index in [4.69, 9.17) is 5.73 Å². The number of nitrogens with two attached hydrogens (primary N) is 1. The molecule has 5 nitrogen and oxygen atoms in total. The van der Waals surface area contributed by atoms with Crippen molar-refractivity contribution in [3.8, 4) is 0 Å². The monoisotopic (exact) mass is 275 g/mol. The van der Waals surface area contributed by atoms with Crippen LogP contribution in [0.2, 0.25) is 0 Å². The number of hydrogen-bond donors (Lipinski definition) is 2. The second kappa shape index (κ2) is 3.77. The van der Waals surface area contributed by atoms with Gasteiger partial charge in [-0.1, -0.05) is 0 Å². The maximum absolute atomic E-state index is 11.3. The predicted molar refractivity (Wildman–Crippen MR) is 74.4 cm³/mol. The lowest BCUT2D eigenvalue weighted by Gasteiger charge is -2.56. The molecule has 4 saturated carbocycles. The molecule has 3 N–H and O–H groups in total. The lowest BCUT2D eigenvalue weighted by Crippen LogP contribution is -2.49. The Hall–Kier alpha value is -1.52. The maximum atomic E-state index is 11.3. The highest BCUT2D eigenvalue weighted by atomic mass is 16.4. The number of carbonyl (C=O) groups is 1. The number of nitrogens with zero attached hydrogens (tertiary/aromatic N) is 2. The third kappa shape index (κ3) is 1.49. The number of anilines is 1. The van der Waals surface area contributed by atoms with Crippen molar-refractivity contribution in [3.05, 3.63) is 11.4 Å². The SMILES string of the molecule is Cn1nc(C23CC4CC(CC(C4)C2)C3)c(N)c1C(=O)O. The van der Waals surface area contributed by atoms with Crippen molar-refractivity contribution in [1.82, 2.24) is 9.78 Å². The fourth-order valence-electron chi connectivity index (χ4n) is 5.59. The largest absolute Gasteiger partial charge is 0.476 e. The van der Waals surface area contributed by atoms with Gasteiger partial charge in [-0.25, -0.2) is 4.79 Å². The van der Waals surface area contributed by atoms with Crippen LogP contribution in [-0.2, 0) is 12.5 Å². The highest BCUT2D eigenvalue weighted by Gasteiger charge is 2.53. The number of aromatic carboxylic acids is 1. The van der Waals surface area contributed by atoms with Crippen LogP contribution in [0.1, 0.15) is 54.7 Å². The Morgan fingerprint density at radius 1 is 1.25 bits per heavy atom. The molecule has 1 aromatic rings. The van der Waals surface area contributed by atoms with E-state index in [1.165, 1.54) is 23.9 Å². The normalized spacial score (nSPS) is 38.4. The number of carboxylic acid groups (broad SMARTS) is 1. The highest BCUT2D eigenvalue weighted by Crippen LogP contribution is 2.61. The number of rotatable bonds is 2. The van der Waals surface area contributed by atoms with E-state index in [0.717, 1.165) is 42.7 Å². The summed E-state index contributed by atoms with van der Waals surface area (Å²) in [6.45, 7) is 0. The number of hydrogen-bond acceptors (Lipinski definition) is 3. The first-order valence-corrected chi connectivity index (χ1v) is 7.55. The van der Waals surface area contributed by atoms with Gasteiger partial charge in [-0.3, -0.25) is 4.68 Å². The summed E-state index contributed by atoms with van der Waals surface area (Å²) >= 11 is 0. The molecule has 4 aliphatic rings. The molecule has 0 spiro atoms. The third-order valence-corrected chi connectivity index (χ3v) is 5.83. The molecule has 0 radical (unpaired) electrons. The van der Waals surface area contributed by atoms with Crippen LogP contribution in [0.5, 0.6) is 0 Å². The minimum absolute atomic E-state index is 0.0598. The predicted octanol–water partition coefficient (Wildman–Crippen LogP) is 2.17. The number of nitrogen functional groups attached to an aromatic ring is 1.